The number of aromatic nitrogens is 1. The number of carbonyl (C=O) groups excluding carboxylic acids is 1. The first-order chi connectivity index (χ1) is 12.1. The van der Waals surface area contributed by atoms with Crippen molar-refractivity contribution in [3.63, 3.8) is 0 Å². The molecule has 2 aromatic carbocycles. The Morgan fingerprint density at radius 3 is 2.52 bits per heavy atom. The van der Waals surface area contributed by atoms with E-state index in [1.54, 1.807) is 11.5 Å². The van der Waals surface area contributed by atoms with Crippen molar-refractivity contribution >= 4 is 22.6 Å². The Morgan fingerprint density at radius 2 is 1.72 bits per heavy atom. The van der Waals surface area contributed by atoms with Crippen LogP contribution >= 0.6 is 0 Å². The fraction of sp³-hybridized carbons (Fsp3) is 0.182. The number of benzene rings is 2. The molecule has 1 heterocycles. The first-order valence-electron chi connectivity index (χ1n) is 8.47. The highest BCUT2D eigenvalue weighted by Crippen LogP contribution is 2.24. The molecule has 0 fully saturated rings. The summed E-state index contributed by atoms with van der Waals surface area (Å²) < 4.78 is 1.73. The molecule has 3 heteroatoms. The fourth-order valence-corrected chi connectivity index (χ4v) is 3.57. The van der Waals surface area contributed by atoms with Gasteiger partial charge in [-0.25, -0.2) is 0 Å². The molecule has 0 unspecified atom stereocenters. The van der Waals surface area contributed by atoms with Gasteiger partial charge in [-0.3, -0.25) is 9.59 Å². The van der Waals surface area contributed by atoms with Crippen LogP contribution < -0.4 is 5.56 Å². The van der Waals surface area contributed by atoms with Gasteiger partial charge in [0.15, 0.2) is 5.78 Å². The van der Waals surface area contributed by atoms with E-state index in [4.69, 9.17) is 0 Å². The highest BCUT2D eigenvalue weighted by molar-refractivity contribution is 6.03. The topological polar surface area (TPSA) is 39.1 Å². The van der Waals surface area contributed by atoms with Crippen molar-refractivity contribution in [2.24, 2.45) is 0 Å². The van der Waals surface area contributed by atoms with E-state index in [0.29, 0.717) is 24.1 Å². The number of Topliss-reactive ketones (excluding diaryl/α,β-unsaturated/α-hetero) is 1. The van der Waals surface area contributed by atoms with E-state index in [0.717, 1.165) is 22.2 Å². The van der Waals surface area contributed by atoms with Crippen molar-refractivity contribution in [2.75, 3.05) is 0 Å². The molecule has 0 saturated heterocycles. The molecule has 3 nitrogen and oxygen atoms in total. The molecule has 0 bridgehead atoms. The van der Waals surface area contributed by atoms with E-state index in [-0.39, 0.29) is 11.3 Å². The molecule has 0 radical (unpaired) electrons. The zero-order valence-electron chi connectivity index (χ0n) is 14.4. The molecule has 0 N–H and O–H groups in total. The summed E-state index contributed by atoms with van der Waals surface area (Å²) in [5.41, 5.74) is 3.92. The maximum atomic E-state index is 12.9. The monoisotopic (exact) mass is 329 g/mol. The van der Waals surface area contributed by atoms with Gasteiger partial charge < -0.3 is 4.57 Å². The minimum atomic E-state index is -0.0243. The van der Waals surface area contributed by atoms with E-state index in [9.17, 15) is 9.59 Å². The SMILES string of the molecule is Cc1c2c(n(Cc3ccc4ccccc4c3)c(=O)c1C)C=CCC2=O. The maximum absolute atomic E-state index is 12.9. The molecule has 1 aromatic heterocycles. The van der Waals surface area contributed by atoms with Gasteiger partial charge in [0.05, 0.1) is 12.2 Å². The molecule has 0 saturated carbocycles. The number of fused-ring (bicyclic) bond motifs is 2. The third kappa shape index (κ3) is 2.52. The van der Waals surface area contributed by atoms with Crippen LogP contribution in [0.2, 0.25) is 0 Å². The molecule has 124 valence electrons. The van der Waals surface area contributed by atoms with E-state index in [1.165, 1.54) is 5.39 Å². The van der Waals surface area contributed by atoms with Crippen LogP contribution in [0, 0.1) is 13.8 Å². The standard InChI is InChI=1S/C22H19NO2/c1-14-15(2)22(25)23(19-8-5-9-20(24)21(14)19)13-16-10-11-17-6-3-4-7-18(17)12-16/h3-8,10-12H,9,13H2,1-2H3. The highest BCUT2D eigenvalue weighted by Gasteiger charge is 2.22. The predicted octanol–water partition coefficient (Wildman–Crippen LogP) is 4.27. The Kier molecular flexibility index (Phi) is 3.65. The van der Waals surface area contributed by atoms with Gasteiger partial charge in [-0.15, -0.1) is 0 Å². The lowest BCUT2D eigenvalue weighted by molar-refractivity contribution is 0.0993. The summed E-state index contributed by atoms with van der Waals surface area (Å²) in [4.78, 5) is 25.2. The number of hydrogen-bond donors (Lipinski definition) is 0. The second-order valence-corrected chi connectivity index (χ2v) is 6.61. The van der Waals surface area contributed by atoms with Gasteiger partial charge in [-0.05, 0) is 47.9 Å². The number of allylic oxidation sites excluding steroid dienone is 1. The third-order valence-electron chi connectivity index (χ3n) is 5.06. The average molecular weight is 329 g/mol. The van der Waals surface area contributed by atoms with Crippen molar-refractivity contribution in [2.45, 2.75) is 26.8 Å². The fourth-order valence-electron chi connectivity index (χ4n) is 3.57. The van der Waals surface area contributed by atoms with Gasteiger partial charge >= 0.3 is 0 Å². The minimum Gasteiger partial charge on any atom is -0.303 e. The first-order valence-corrected chi connectivity index (χ1v) is 8.47. The quantitative estimate of drug-likeness (QED) is 0.704. The number of carbonyl (C=O) groups is 1. The summed E-state index contributed by atoms with van der Waals surface area (Å²) in [6.45, 7) is 4.14. The van der Waals surface area contributed by atoms with Gasteiger partial charge in [0.1, 0.15) is 0 Å². The second-order valence-electron chi connectivity index (χ2n) is 6.61. The highest BCUT2D eigenvalue weighted by atomic mass is 16.1. The van der Waals surface area contributed by atoms with Crippen LogP contribution in [0.5, 0.6) is 0 Å². The largest absolute Gasteiger partial charge is 0.303 e. The summed E-state index contributed by atoms with van der Waals surface area (Å²) in [5, 5.41) is 2.33. The normalized spacial score (nSPS) is 13.3. The molecule has 25 heavy (non-hydrogen) atoms. The molecular weight excluding hydrogens is 310 g/mol. The van der Waals surface area contributed by atoms with Crippen LogP contribution in [0.25, 0.3) is 16.8 Å². The van der Waals surface area contributed by atoms with Crippen molar-refractivity contribution in [1.29, 1.82) is 0 Å². The van der Waals surface area contributed by atoms with Gasteiger partial charge in [0.25, 0.3) is 5.56 Å². The van der Waals surface area contributed by atoms with Gasteiger partial charge in [0.2, 0.25) is 0 Å². The van der Waals surface area contributed by atoms with Gasteiger partial charge in [0, 0.05) is 17.5 Å². The Morgan fingerprint density at radius 1 is 0.960 bits per heavy atom. The average Bonchev–Trinajstić information content (AvgIpc) is 2.63. The van der Waals surface area contributed by atoms with Crippen LogP contribution in [-0.2, 0) is 6.54 Å². The molecule has 0 spiro atoms. The second kappa shape index (κ2) is 5.85. The lowest BCUT2D eigenvalue weighted by Crippen LogP contribution is -2.30. The van der Waals surface area contributed by atoms with Crippen LogP contribution in [0.4, 0.5) is 0 Å². The van der Waals surface area contributed by atoms with Crippen LogP contribution in [0.3, 0.4) is 0 Å². The first kappa shape index (κ1) is 15.6. The van der Waals surface area contributed by atoms with Gasteiger partial charge in [-0.1, -0.05) is 42.5 Å². The molecule has 0 aliphatic heterocycles. The van der Waals surface area contributed by atoms with Crippen molar-refractivity contribution in [1.82, 2.24) is 4.57 Å². The number of nitrogens with zero attached hydrogens (tertiary/aromatic N) is 1. The van der Waals surface area contributed by atoms with Crippen LogP contribution in [0.1, 0.15) is 39.2 Å². The van der Waals surface area contributed by atoms with Crippen molar-refractivity contribution in [3.05, 3.63) is 86.8 Å². The summed E-state index contributed by atoms with van der Waals surface area (Å²) in [6, 6.07) is 14.4. The van der Waals surface area contributed by atoms with E-state index in [2.05, 4.69) is 24.3 Å². The zero-order valence-corrected chi connectivity index (χ0v) is 14.4. The minimum absolute atomic E-state index is 0.0243. The number of rotatable bonds is 2. The Labute approximate surface area is 146 Å². The van der Waals surface area contributed by atoms with E-state index in [1.807, 2.05) is 37.3 Å². The number of ketones is 1. The maximum Gasteiger partial charge on any atom is 0.254 e. The zero-order chi connectivity index (χ0) is 17.6. The Balaban J connectivity index is 1.89. The smallest absolute Gasteiger partial charge is 0.254 e. The Hall–Kier alpha value is -2.94. The molecule has 0 amide bonds. The van der Waals surface area contributed by atoms with E-state index >= 15 is 0 Å². The summed E-state index contributed by atoms with van der Waals surface area (Å²) in [7, 11) is 0. The summed E-state index contributed by atoms with van der Waals surface area (Å²) >= 11 is 0. The van der Waals surface area contributed by atoms with Crippen LogP contribution in [-0.4, -0.2) is 10.4 Å². The van der Waals surface area contributed by atoms with Crippen molar-refractivity contribution in [3.8, 4) is 0 Å². The van der Waals surface area contributed by atoms with Crippen LogP contribution in [0.15, 0.2) is 53.3 Å². The molecule has 3 aromatic rings. The molecule has 1 aliphatic rings. The molecule has 0 atom stereocenters. The lowest BCUT2D eigenvalue weighted by Gasteiger charge is -2.20. The number of hydrogen-bond acceptors (Lipinski definition) is 2. The molecular formula is C22H19NO2. The molecule has 4 rings (SSSR count). The van der Waals surface area contributed by atoms with Gasteiger partial charge in [-0.2, -0.15) is 0 Å². The third-order valence-corrected chi connectivity index (χ3v) is 5.06. The summed E-state index contributed by atoms with van der Waals surface area (Å²) in [6.07, 6.45) is 4.16. The summed E-state index contributed by atoms with van der Waals surface area (Å²) in [5.74, 6) is 0.0883. The Bertz CT molecular complexity index is 1100. The number of pyridine rings is 1. The van der Waals surface area contributed by atoms with Crippen molar-refractivity contribution < 1.29 is 4.79 Å². The lowest BCUT2D eigenvalue weighted by atomic mass is 9.93. The molecule has 1 aliphatic carbocycles. The van der Waals surface area contributed by atoms with E-state index < -0.39 is 0 Å². The predicted molar refractivity (Wildman–Crippen MR) is 101 cm³/mol.